The summed E-state index contributed by atoms with van der Waals surface area (Å²) in [6.07, 6.45) is 25.3. The fourth-order valence-electron chi connectivity index (χ4n) is 14.2. The molecule has 0 spiro atoms. The second kappa shape index (κ2) is 41.3. The minimum atomic E-state index is -3.80. The number of anilines is 15. The van der Waals surface area contributed by atoms with E-state index in [9.17, 15) is 61.1 Å². The highest BCUT2D eigenvalue weighted by atomic mass is 127. The first kappa shape index (κ1) is 102. The number of aromatic nitrogens is 9. The van der Waals surface area contributed by atoms with E-state index in [1.807, 2.05) is 51.2 Å². The van der Waals surface area contributed by atoms with Crippen molar-refractivity contribution in [1.29, 1.82) is 0 Å². The number of nitrogens with one attached hydrogen (secondary N) is 10. The van der Waals surface area contributed by atoms with Crippen LogP contribution in [0.4, 0.5) is 98.5 Å². The average Bonchev–Trinajstić information content (AvgIpc) is 1.58. The normalized spacial score (nSPS) is 14.9. The van der Waals surface area contributed by atoms with Gasteiger partial charge in [0.15, 0.2) is 33.9 Å². The van der Waals surface area contributed by atoms with E-state index in [1.165, 1.54) is 30.6 Å². The second-order valence-corrected chi connectivity index (χ2v) is 50.5. The fourth-order valence-corrected chi connectivity index (χ4v) is 26.1. The number of imidazole rings is 4. The van der Waals surface area contributed by atoms with Crippen LogP contribution in [0.3, 0.4) is 0 Å². The van der Waals surface area contributed by atoms with Crippen LogP contribution < -0.4 is 50.2 Å². The number of pyridine rings is 4. The lowest BCUT2D eigenvalue weighted by molar-refractivity contribution is 0.282. The van der Waals surface area contributed by atoms with Gasteiger partial charge in [0.1, 0.15) is 43.2 Å². The van der Waals surface area contributed by atoms with Gasteiger partial charge in [-0.1, -0.05) is 118 Å². The number of halogens is 15. The number of fused-ring (bicyclic) bond motifs is 5. The number of aliphatic hydroxyl groups excluding tert-OH is 2. The van der Waals surface area contributed by atoms with Crippen LogP contribution in [0.5, 0.6) is 0 Å². The lowest BCUT2D eigenvalue weighted by atomic mass is 10.1. The lowest BCUT2D eigenvalue weighted by Crippen LogP contribution is -2.31. The molecule has 6 aromatic carbocycles. The molecule has 0 bridgehead atoms. The van der Waals surface area contributed by atoms with Crippen molar-refractivity contribution in [3.63, 3.8) is 0 Å². The Labute approximate surface area is 874 Å². The number of nitrogens with zero attached hydrogens (tertiary/aromatic N) is 9. The van der Waals surface area contributed by atoms with Gasteiger partial charge in [-0.3, -0.25) is 23.6 Å². The molecule has 9 aromatic heterocycles. The van der Waals surface area contributed by atoms with Crippen LogP contribution in [0.2, 0.25) is 35.2 Å². The Hall–Kier alpha value is -7.81. The van der Waals surface area contributed by atoms with E-state index in [2.05, 4.69) is 130 Å². The van der Waals surface area contributed by atoms with E-state index in [1.54, 1.807) is 159 Å². The van der Waals surface area contributed by atoms with Crippen LogP contribution in [0, 0.1) is 35.1 Å². The second-order valence-electron chi connectivity index (χ2n) is 32.1. The Bertz CT molecular complexity index is 7550. The Morgan fingerprint density at radius 1 is 0.409 bits per heavy atom. The molecule has 722 valence electrons. The van der Waals surface area contributed by atoms with Crippen molar-refractivity contribution in [2.45, 2.75) is 109 Å². The minimum Gasteiger partial charge on any atom is -0.396 e. The Kier molecular flexibility index (Phi) is 30.8. The van der Waals surface area contributed by atoms with Gasteiger partial charge in [-0.2, -0.15) is 0 Å². The molecule has 0 radical (unpaired) electrons. The number of benzene rings is 6. The van der Waals surface area contributed by atoms with Gasteiger partial charge in [-0.15, -0.1) is 0 Å². The maximum atomic E-state index is 15.2. The molecule has 137 heavy (non-hydrogen) atoms. The SMILES string of the molecule is Cc1onc2c(F)c(Nc3ccc(I)cc3Cl)c(NS(=O)(=O)C3CC3)cc12.O=S(=O)(Nc1cn2ccnc2c(Cl)c1Nc1ccc(Br)cc1Cl)C1(CCO)CC1.O=S(=O)(Nc1cn2ccnc2c(Cl)c1Nc1ccc(Br)cc1Cl)C1CC1.O=S(=O)(Nc1cn2ccnc2c(Cl)c1Nc1ccc(I)cc1F)C1(CCO)CC1.O=S(=O)(Nc1cn2ccnc2c(Cl)c1Nc1ccc(I)cc1F)C1CC1. The summed E-state index contributed by atoms with van der Waals surface area (Å²) >= 11 is 57.7. The standard InChI is InChI=1S/C18H17BrCl2N4O3S.C18H17ClFIN4O3S.C17H14ClFIN3O3S.C16H13BrCl2N4O2S.C16H13ClFIN4O2S/c19-11-1-2-13(12(20)9-11)23-16-14(10-25-7-6-22-17(25)15(16)21)24-29(27,28)18(3-4-18)5-8-26;19-15-16(23-13-2-1-11(21)9-12(13)20)14(10-25-7-6-22-17(15)25)24-29(27,28)18(3-4-18)5-8-26;1-8-11-7-14(23-27(24,25)10-3-4-10)17(15(19)16(11)22-26-8)21-13-5-2-9(20)6-12(13)18;17-9-1-4-12(11(18)7-9)21-15-13(22-26(24,25)10-2-3-10)8-23-6-5-20-16(23)14(15)19;17-14-15(21-12-4-1-9(19)7-11(12)18)13(8-23-6-5-20-16(14)23)22-26(24,25)10-2-3-10/h2*1-2,6-7,9-10,23-24,26H,3-5,8H2;2,5-7,10,21,23H,3-4H2,1H3;2*1,4-8,10,21-22H,2-3H2. The van der Waals surface area contributed by atoms with Crippen molar-refractivity contribution in [3.8, 4) is 0 Å². The van der Waals surface area contributed by atoms with Crippen molar-refractivity contribution >= 4 is 350 Å². The van der Waals surface area contributed by atoms with E-state index in [0.717, 1.165) is 19.7 Å². The first-order chi connectivity index (χ1) is 65.0. The van der Waals surface area contributed by atoms with Crippen molar-refractivity contribution < 1.29 is 70.0 Å². The maximum absolute atomic E-state index is 15.2. The molecule has 32 nitrogen and oxygen atoms in total. The Morgan fingerprint density at radius 3 is 1.02 bits per heavy atom. The largest absolute Gasteiger partial charge is 0.396 e. The third-order valence-electron chi connectivity index (χ3n) is 22.4. The molecule has 0 aliphatic heterocycles. The van der Waals surface area contributed by atoms with Gasteiger partial charge >= 0.3 is 0 Å². The highest BCUT2D eigenvalue weighted by Gasteiger charge is 2.55. The molecular weight excluding hydrogens is 2500 g/mol. The van der Waals surface area contributed by atoms with E-state index >= 15 is 4.39 Å². The fraction of sp³-hybridized carbons (Fsp3) is 0.235. The number of hydrogen-bond acceptors (Lipinski definition) is 23. The zero-order valence-electron chi connectivity index (χ0n) is 70.4. The average molecular weight is 2580 g/mol. The van der Waals surface area contributed by atoms with Crippen molar-refractivity contribution in [2.24, 2.45) is 0 Å². The highest BCUT2D eigenvalue weighted by Crippen LogP contribution is 2.52. The summed E-state index contributed by atoms with van der Waals surface area (Å²) in [7, 11) is -18.1. The van der Waals surface area contributed by atoms with Crippen LogP contribution in [0.15, 0.2) is 185 Å². The van der Waals surface area contributed by atoms with Crippen molar-refractivity contribution in [2.75, 3.05) is 63.4 Å². The smallest absolute Gasteiger partial charge is 0.238 e. The molecule has 0 unspecified atom stereocenters. The van der Waals surface area contributed by atoms with Gasteiger partial charge in [0.2, 0.25) is 50.1 Å². The number of aryl methyl sites for hydroxylation is 1. The van der Waals surface area contributed by atoms with E-state index in [4.69, 9.17) is 85.7 Å². The van der Waals surface area contributed by atoms with E-state index in [0.29, 0.717) is 152 Å². The Balaban J connectivity index is 0.000000124. The van der Waals surface area contributed by atoms with Gasteiger partial charge in [-0.05, 0) is 249 Å². The van der Waals surface area contributed by atoms with Gasteiger partial charge in [0, 0.05) is 113 Å². The summed E-state index contributed by atoms with van der Waals surface area (Å²) in [4.78, 5) is 16.8. The summed E-state index contributed by atoms with van der Waals surface area (Å²) in [5.41, 5.74) is 6.06. The predicted molar refractivity (Wildman–Crippen MR) is 566 cm³/mol. The predicted octanol–water partition coefficient (Wildman–Crippen LogP) is 23.5. The van der Waals surface area contributed by atoms with Crippen LogP contribution in [0.1, 0.15) is 82.8 Å². The molecule has 5 aliphatic rings. The molecule has 52 heteroatoms. The third kappa shape index (κ3) is 23.0. The van der Waals surface area contributed by atoms with Gasteiger partial charge in [0.05, 0.1) is 120 Å². The van der Waals surface area contributed by atoms with Crippen molar-refractivity contribution in [1.82, 2.24) is 42.7 Å². The monoisotopic (exact) mass is 2570 g/mol. The maximum Gasteiger partial charge on any atom is 0.238 e. The van der Waals surface area contributed by atoms with Gasteiger partial charge < -0.3 is 58.9 Å². The molecule has 5 aliphatic carbocycles. The summed E-state index contributed by atoms with van der Waals surface area (Å²) in [6, 6.07) is 26.7. The molecule has 0 amide bonds. The van der Waals surface area contributed by atoms with Gasteiger partial charge in [-0.25, -0.2) is 75.2 Å². The van der Waals surface area contributed by atoms with E-state index < -0.39 is 87.6 Å². The van der Waals surface area contributed by atoms with Crippen LogP contribution in [-0.2, 0) is 50.1 Å². The molecule has 0 atom stereocenters. The summed E-state index contributed by atoms with van der Waals surface area (Å²) in [5.74, 6) is -1.28. The number of hydrogen-bond donors (Lipinski definition) is 12. The number of sulfonamides is 5. The summed E-state index contributed by atoms with van der Waals surface area (Å²) < 4.78 is 197. The molecule has 9 heterocycles. The first-order valence-corrected chi connectivity index (χ1v) is 56.2. The van der Waals surface area contributed by atoms with Crippen LogP contribution in [0.25, 0.3) is 33.5 Å². The number of rotatable bonds is 29. The minimum absolute atomic E-state index is 0.0194. The van der Waals surface area contributed by atoms with Gasteiger partial charge in [0.25, 0.3) is 0 Å². The first-order valence-electron chi connectivity index (χ1n) is 41.1. The quantitative estimate of drug-likeness (QED) is 0.0194. The molecule has 20 rings (SSSR count). The lowest BCUT2D eigenvalue weighted by Gasteiger charge is -2.21. The molecule has 0 saturated heterocycles. The molecular formula is C85H74Br2Cl7F3I3N19O13S5. The molecule has 5 fully saturated rings. The zero-order chi connectivity index (χ0) is 97.9. The Morgan fingerprint density at radius 2 is 0.708 bits per heavy atom. The van der Waals surface area contributed by atoms with E-state index in [-0.39, 0.29) is 103 Å². The van der Waals surface area contributed by atoms with Crippen LogP contribution >= 0.6 is 181 Å². The zero-order valence-corrected chi connectivity index (χ0v) is 89.4. The van der Waals surface area contributed by atoms with Crippen molar-refractivity contribution in [3.05, 3.63) is 249 Å². The summed E-state index contributed by atoms with van der Waals surface area (Å²) in [5, 5.41) is 38.6. The topological polar surface area (TPSA) is 427 Å². The molecule has 15 aromatic rings. The van der Waals surface area contributed by atoms with Crippen LogP contribution in [-0.4, -0.2) is 133 Å². The molecule has 5 saturated carbocycles. The number of aliphatic hydroxyl groups is 2. The summed E-state index contributed by atoms with van der Waals surface area (Å²) in [6.45, 7) is 1.22. The highest BCUT2D eigenvalue weighted by molar-refractivity contribution is 14.1. The molecule has 12 N–H and O–H groups in total. The third-order valence-corrected chi connectivity index (χ3v) is 37.8.